The quantitative estimate of drug-likeness (QED) is 0.216. The highest BCUT2D eigenvalue weighted by atomic mass is 16.4. The summed E-state index contributed by atoms with van der Waals surface area (Å²) in [6.07, 6.45) is 4.09. The molecule has 0 unspecified atom stereocenters. The number of ketones is 1. The van der Waals surface area contributed by atoms with Crippen LogP contribution in [0, 0.1) is 0 Å². The number of carbonyl (C=O) groups excluding carboxylic acids is 1. The van der Waals surface area contributed by atoms with Gasteiger partial charge in [-0.25, -0.2) is 4.79 Å². The van der Waals surface area contributed by atoms with Gasteiger partial charge in [0.2, 0.25) is 5.78 Å². The Morgan fingerprint density at radius 3 is 1.46 bits per heavy atom. The van der Waals surface area contributed by atoms with Crippen LogP contribution in [0.5, 0.6) is 0 Å². The largest absolute Gasteiger partial charge is 0.481 e. The van der Waals surface area contributed by atoms with Crippen LogP contribution < -0.4 is 5.73 Å². The average Bonchev–Trinajstić information content (AvgIpc) is 2.53. The standard InChI is InChI=1S/C8H15NO4.C8H12O5/c2*9-6(8(12)13)4-2-1-3-5-7(10)11/h6H,1-5,9H2,(H,10,11)(H,12,13);1-5H2,(H,10,11)(H,12,13)/t6-;/m0./s1. The normalized spacial score (nSPS) is 11.0. The molecule has 1 atom stereocenters. The van der Waals surface area contributed by atoms with Gasteiger partial charge in [-0.2, -0.15) is 0 Å². The molecule has 0 radical (unpaired) electrons. The van der Waals surface area contributed by atoms with Gasteiger partial charge in [-0.1, -0.05) is 19.3 Å². The third-order valence-corrected chi connectivity index (χ3v) is 3.26. The second kappa shape index (κ2) is 16.0. The Hall–Kier alpha value is -2.49. The summed E-state index contributed by atoms with van der Waals surface area (Å²) in [4.78, 5) is 50.9. The van der Waals surface area contributed by atoms with Crippen molar-refractivity contribution in [2.24, 2.45) is 5.73 Å². The van der Waals surface area contributed by atoms with Gasteiger partial charge in [0.25, 0.3) is 0 Å². The van der Waals surface area contributed by atoms with E-state index < -0.39 is 35.7 Å². The molecule has 0 rings (SSSR count). The van der Waals surface area contributed by atoms with Crippen LogP contribution in [-0.2, 0) is 24.0 Å². The third kappa shape index (κ3) is 19.6. The van der Waals surface area contributed by atoms with Crippen molar-refractivity contribution in [3.8, 4) is 0 Å². The lowest BCUT2D eigenvalue weighted by molar-refractivity contribution is -0.149. The Balaban J connectivity index is 0. The molecule has 10 heteroatoms. The molecule has 0 aliphatic heterocycles. The Morgan fingerprint density at radius 2 is 1.08 bits per heavy atom. The number of nitrogens with two attached hydrogens (primary N) is 1. The number of carbonyl (C=O) groups is 5. The third-order valence-electron chi connectivity index (χ3n) is 3.26. The molecule has 0 amide bonds. The predicted molar refractivity (Wildman–Crippen MR) is 89.7 cm³/mol. The summed E-state index contributed by atoms with van der Waals surface area (Å²) in [7, 11) is 0. The molecule has 150 valence electrons. The minimum absolute atomic E-state index is 0.00501. The SMILES string of the molecule is N[C@@H](CCCCCC(=O)O)C(=O)O.O=C(O)CCCCCC(=O)C(=O)O. The van der Waals surface area contributed by atoms with Crippen molar-refractivity contribution in [2.45, 2.75) is 70.3 Å². The molecule has 0 aliphatic carbocycles. The van der Waals surface area contributed by atoms with E-state index in [2.05, 4.69) is 0 Å². The maximum atomic E-state index is 10.5. The Labute approximate surface area is 151 Å². The monoisotopic (exact) mass is 377 g/mol. The first-order chi connectivity index (χ1) is 12.1. The zero-order valence-electron chi connectivity index (χ0n) is 14.6. The number of carboxylic acids is 4. The van der Waals surface area contributed by atoms with Crippen molar-refractivity contribution in [3.05, 3.63) is 0 Å². The van der Waals surface area contributed by atoms with Crippen molar-refractivity contribution in [1.82, 2.24) is 0 Å². The van der Waals surface area contributed by atoms with Gasteiger partial charge in [-0.15, -0.1) is 0 Å². The molecule has 0 spiro atoms. The van der Waals surface area contributed by atoms with Crippen LogP contribution in [0.3, 0.4) is 0 Å². The van der Waals surface area contributed by atoms with E-state index in [4.69, 9.17) is 26.2 Å². The van der Waals surface area contributed by atoms with Crippen LogP contribution >= 0.6 is 0 Å². The second-order valence-electron chi connectivity index (χ2n) is 5.62. The molecule has 0 aromatic rings. The number of carboxylic acid groups (broad SMARTS) is 4. The highest BCUT2D eigenvalue weighted by Gasteiger charge is 2.10. The first kappa shape index (κ1) is 25.7. The van der Waals surface area contributed by atoms with E-state index >= 15 is 0 Å². The van der Waals surface area contributed by atoms with Crippen LogP contribution in [0.2, 0.25) is 0 Å². The van der Waals surface area contributed by atoms with E-state index in [9.17, 15) is 24.0 Å². The van der Waals surface area contributed by atoms with Gasteiger partial charge in [0.15, 0.2) is 0 Å². The fourth-order valence-electron chi connectivity index (χ4n) is 1.79. The Bertz CT molecular complexity index is 476. The van der Waals surface area contributed by atoms with Crippen molar-refractivity contribution in [2.75, 3.05) is 0 Å². The first-order valence-corrected chi connectivity index (χ1v) is 8.26. The van der Waals surface area contributed by atoms with E-state index in [-0.39, 0.29) is 19.3 Å². The molecule has 0 aliphatic rings. The maximum absolute atomic E-state index is 10.5. The van der Waals surface area contributed by atoms with Crippen molar-refractivity contribution < 1.29 is 44.4 Å². The number of hydrogen-bond acceptors (Lipinski definition) is 6. The van der Waals surface area contributed by atoms with Crippen LogP contribution in [0.15, 0.2) is 0 Å². The molecule has 26 heavy (non-hydrogen) atoms. The van der Waals surface area contributed by atoms with Gasteiger partial charge in [0, 0.05) is 19.3 Å². The van der Waals surface area contributed by atoms with Gasteiger partial charge in [-0.3, -0.25) is 19.2 Å². The number of unbranched alkanes of at least 4 members (excludes halogenated alkanes) is 4. The van der Waals surface area contributed by atoms with Crippen LogP contribution in [0.1, 0.15) is 64.2 Å². The van der Waals surface area contributed by atoms with Gasteiger partial charge in [-0.05, 0) is 25.7 Å². The minimum atomic E-state index is -1.42. The summed E-state index contributed by atoms with van der Waals surface area (Å²) >= 11 is 0. The highest BCUT2D eigenvalue weighted by molar-refractivity contribution is 6.32. The molecule has 0 aromatic heterocycles. The number of hydrogen-bond donors (Lipinski definition) is 5. The number of Topliss-reactive ketones (excluding diaryl/α,β-unsaturated/α-hetero) is 1. The fraction of sp³-hybridized carbons (Fsp3) is 0.688. The Kier molecular flexibility index (Phi) is 15.8. The molecular formula is C16H27NO9. The van der Waals surface area contributed by atoms with Crippen molar-refractivity contribution >= 4 is 29.7 Å². The summed E-state index contributed by atoms with van der Waals surface area (Å²) in [5, 5.41) is 33.1. The van der Waals surface area contributed by atoms with E-state index in [1.807, 2.05) is 0 Å². The molecule has 10 nitrogen and oxygen atoms in total. The molecule has 0 saturated carbocycles. The van der Waals surface area contributed by atoms with Gasteiger partial charge >= 0.3 is 23.9 Å². The molecule has 0 heterocycles. The zero-order valence-corrected chi connectivity index (χ0v) is 14.6. The first-order valence-electron chi connectivity index (χ1n) is 8.26. The second-order valence-corrected chi connectivity index (χ2v) is 5.62. The summed E-state index contributed by atoms with van der Waals surface area (Å²) in [6.45, 7) is 0. The lowest BCUT2D eigenvalue weighted by Gasteiger charge is -2.04. The van der Waals surface area contributed by atoms with Crippen LogP contribution in [-0.4, -0.2) is 56.1 Å². The summed E-state index contributed by atoms with van der Waals surface area (Å²) < 4.78 is 0. The lowest BCUT2D eigenvalue weighted by atomic mass is 10.1. The van der Waals surface area contributed by atoms with Crippen molar-refractivity contribution in [1.29, 1.82) is 0 Å². The van der Waals surface area contributed by atoms with Crippen LogP contribution in [0.4, 0.5) is 0 Å². The molecular weight excluding hydrogens is 350 g/mol. The summed E-state index contributed by atoms with van der Waals surface area (Å²) in [6, 6.07) is -0.815. The molecule has 0 aromatic carbocycles. The van der Waals surface area contributed by atoms with E-state index in [1.54, 1.807) is 0 Å². The molecule has 0 bridgehead atoms. The number of rotatable bonds is 14. The molecule has 0 fully saturated rings. The van der Waals surface area contributed by atoms with Gasteiger partial charge in [0.1, 0.15) is 6.04 Å². The molecule has 0 saturated heterocycles. The average molecular weight is 377 g/mol. The Morgan fingerprint density at radius 1 is 0.654 bits per heavy atom. The predicted octanol–water partition coefficient (Wildman–Crippen LogP) is 1.11. The van der Waals surface area contributed by atoms with Crippen LogP contribution in [0.25, 0.3) is 0 Å². The summed E-state index contributed by atoms with van der Waals surface area (Å²) in [5.41, 5.74) is 5.24. The van der Waals surface area contributed by atoms with Crippen molar-refractivity contribution in [3.63, 3.8) is 0 Å². The highest BCUT2D eigenvalue weighted by Crippen LogP contribution is 2.05. The minimum Gasteiger partial charge on any atom is -0.481 e. The fourth-order valence-corrected chi connectivity index (χ4v) is 1.79. The van der Waals surface area contributed by atoms with Gasteiger partial charge in [0.05, 0.1) is 0 Å². The number of aliphatic carboxylic acids is 4. The lowest BCUT2D eigenvalue weighted by Crippen LogP contribution is -2.29. The smallest absolute Gasteiger partial charge is 0.372 e. The van der Waals surface area contributed by atoms with Gasteiger partial charge < -0.3 is 26.2 Å². The van der Waals surface area contributed by atoms with E-state index in [0.717, 1.165) is 0 Å². The maximum Gasteiger partial charge on any atom is 0.372 e. The van der Waals surface area contributed by atoms with E-state index in [0.29, 0.717) is 44.9 Å². The topological polar surface area (TPSA) is 192 Å². The molecule has 6 N–H and O–H groups in total. The summed E-state index contributed by atoms with van der Waals surface area (Å²) in [5.74, 6) is -4.92. The van der Waals surface area contributed by atoms with E-state index in [1.165, 1.54) is 0 Å². The zero-order chi connectivity index (χ0) is 20.5.